The summed E-state index contributed by atoms with van der Waals surface area (Å²) < 4.78 is 40.3. The quantitative estimate of drug-likeness (QED) is 0.275. The molecule has 204 valence electrons. The van der Waals surface area contributed by atoms with Gasteiger partial charge in [0.1, 0.15) is 23.8 Å². The van der Waals surface area contributed by atoms with E-state index in [2.05, 4.69) is 25.1 Å². The molecule has 2 aromatic heterocycles. The van der Waals surface area contributed by atoms with Gasteiger partial charge in [-0.05, 0) is 50.6 Å². The molecule has 5 rings (SSSR count). The number of nitrogens with two attached hydrogens (primary N) is 1. The second-order valence-electron chi connectivity index (χ2n) is 9.33. The highest BCUT2D eigenvalue weighted by Crippen LogP contribution is 2.40. The Morgan fingerprint density at radius 1 is 1.08 bits per heavy atom. The van der Waals surface area contributed by atoms with Crippen LogP contribution in [0.5, 0.6) is 11.5 Å². The molecule has 1 fully saturated rings. The van der Waals surface area contributed by atoms with Gasteiger partial charge in [0.2, 0.25) is 5.91 Å². The number of carbonyl (C=O) groups excluding carboxylic acids is 1. The lowest BCUT2D eigenvalue weighted by atomic mass is 10.1. The summed E-state index contributed by atoms with van der Waals surface area (Å²) in [4.78, 5) is 24.2. The van der Waals surface area contributed by atoms with E-state index in [0.29, 0.717) is 40.5 Å². The first kappa shape index (κ1) is 26.3. The molecule has 1 aliphatic heterocycles. The normalized spacial score (nSPS) is 13.6. The first-order valence-electron chi connectivity index (χ1n) is 12.7. The molecule has 1 amide bonds. The molecule has 0 atom stereocenters. The van der Waals surface area contributed by atoms with E-state index in [1.807, 2.05) is 0 Å². The zero-order chi connectivity index (χ0) is 27.4. The number of rotatable bonds is 11. The lowest BCUT2D eigenvalue weighted by molar-refractivity contribution is -0.117. The molecule has 0 bridgehead atoms. The summed E-state index contributed by atoms with van der Waals surface area (Å²) in [5, 5.41) is 7.53. The standard InChI is InChI=1S/C27H29F2N7O3/c1-38-23-14-21-22(15-24(23)39-8-4-7-35-5-2-3-6-35)31-16-32-27(21)36(20-10-17(28)9-18(29)11-20)26-13-19(33-34-26)12-25(30)37/h9-11,13-16H,2-8,12H2,1H3,(H2,30,37)(H,33,34). The minimum absolute atomic E-state index is 0.0881. The highest BCUT2D eigenvalue weighted by molar-refractivity contribution is 5.96. The number of aromatic amines is 1. The van der Waals surface area contributed by atoms with E-state index in [0.717, 1.165) is 44.3 Å². The Balaban J connectivity index is 1.52. The predicted molar refractivity (Wildman–Crippen MR) is 142 cm³/mol. The number of primary amides is 1. The van der Waals surface area contributed by atoms with Crippen molar-refractivity contribution in [3.63, 3.8) is 0 Å². The molecular formula is C27H29F2N7O3. The molecule has 0 unspecified atom stereocenters. The van der Waals surface area contributed by atoms with Crippen LogP contribution in [0.1, 0.15) is 25.0 Å². The molecule has 1 saturated heterocycles. The number of aromatic nitrogens is 4. The van der Waals surface area contributed by atoms with Crippen LogP contribution in [0.3, 0.4) is 0 Å². The third-order valence-electron chi connectivity index (χ3n) is 6.50. The van der Waals surface area contributed by atoms with E-state index in [9.17, 15) is 13.6 Å². The van der Waals surface area contributed by atoms with Crippen LogP contribution in [0.25, 0.3) is 10.9 Å². The maximum atomic E-state index is 14.3. The van der Waals surface area contributed by atoms with Gasteiger partial charge in [-0.3, -0.25) is 14.8 Å². The van der Waals surface area contributed by atoms with Crippen molar-refractivity contribution in [3.05, 3.63) is 60.1 Å². The van der Waals surface area contributed by atoms with Gasteiger partial charge in [-0.1, -0.05) is 0 Å². The topological polar surface area (TPSA) is 122 Å². The highest BCUT2D eigenvalue weighted by atomic mass is 19.1. The molecule has 0 radical (unpaired) electrons. The smallest absolute Gasteiger partial charge is 0.223 e. The van der Waals surface area contributed by atoms with Crippen LogP contribution in [0.4, 0.5) is 26.1 Å². The Bertz CT molecular complexity index is 1450. The number of benzene rings is 2. The van der Waals surface area contributed by atoms with Crippen LogP contribution in [-0.2, 0) is 11.2 Å². The number of hydrogen-bond donors (Lipinski definition) is 2. The van der Waals surface area contributed by atoms with Crippen LogP contribution in [0, 0.1) is 11.6 Å². The average Bonchev–Trinajstić information content (AvgIpc) is 3.58. The second-order valence-corrected chi connectivity index (χ2v) is 9.33. The molecule has 3 heterocycles. The average molecular weight is 538 g/mol. The van der Waals surface area contributed by atoms with E-state index < -0.39 is 17.5 Å². The lowest BCUT2D eigenvalue weighted by Gasteiger charge is -2.23. The number of methoxy groups -OCH3 is 1. The summed E-state index contributed by atoms with van der Waals surface area (Å²) in [5.74, 6) is -0.575. The summed E-state index contributed by atoms with van der Waals surface area (Å²) in [6, 6.07) is 8.14. The van der Waals surface area contributed by atoms with Gasteiger partial charge in [-0.15, -0.1) is 0 Å². The highest BCUT2D eigenvalue weighted by Gasteiger charge is 2.23. The molecular weight excluding hydrogens is 508 g/mol. The van der Waals surface area contributed by atoms with Crippen LogP contribution < -0.4 is 20.1 Å². The van der Waals surface area contributed by atoms with Gasteiger partial charge in [-0.2, -0.15) is 5.10 Å². The van der Waals surface area contributed by atoms with Crippen LogP contribution in [0.15, 0.2) is 42.7 Å². The molecule has 0 spiro atoms. The third-order valence-corrected chi connectivity index (χ3v) is 6.50. The van der Waals surface area contributed by atoms with Crippen molar-refractivity contribution in [1.29, 1.82) is 0 Å². The number of halogens is 2. The van der Waals surface area contributed by atoms with Gasteiger partial charge in [0.15, 0.2) is 17.3 Å². The molecule has 10 nitrogen and oxygen atoms in total. The maximum Gasteiger partial charge on any atom is 0.223 e. The number of amides is 1. The fourth-order valence-electron chi connectivity index (χ4n) is 4.75. The van der Waals surface area contributed by atoms with Crippen molar-refractivity contribution in [1.82, 2.24) is 25.1 Å². The zero-order valence-electron chi connectivity index (χ0n) is 21.5. The van der Waals surface area contributed by atoms with Crippen molar-refractivity contribution < 1.29 is 23.0 Å². The monoisotopic (exact) mass is 537 g/mol. The lowest BCUT2D eigenvalue weighted by Crippen LogP contribution is -2.21. The number of ether oxygens (including phenoxy) is 2. The Morgan fingerprint density at radius 3 is 2.56 bits per heavy atom. The van der Waals surface area contributed by atoms with Crippen LogP contribution in [0.2, 0.25) is 0 Å². The van der Waals surface area contributed by atoms with Crippen molar-refractivity contribution >= 4 is 34.1 Å². The van der Waals surface area contributed by atoms with Gasteiger partial charge in [0.05, 0.1) is 31.3 Å². The fraction of sp³-hybridized carbons (Fsp3) is 0.333. The van der Waals surface area contributed by atoms with Gasteiger partial charge < -0.3 is 20.1 Å². The van der Waals surface area contributed by atoms with E-state index in [4.69, 9.17) is 15.2 Å². The number of anilines is 3. The molecule has 39 heavy (non-hydrogen) atoms. The van der Waals surface area contributed by atoms with Gasteiger partial charge in [0.25, 0.3) is 0 Å². The number of likely N-dealkylation sites (tertiary alicyclic amines) is 1. The summed E-state index contributed by atoms with van der Waals surface area (Å²) in [6.45, 7) is 3.75. The summed E-state index contributed by atoms with van der Waals surface area (Å²) >= 11 is 0. The van der Waals surface area contributed by atoms with Crippen molar-refractivity contribution in [3.8, 4) is 11.5 Å². The fourth-order valence-corrected chi connectivity index (χ4v) is 4.75. The van der Waals surface area contributed by atoms with Crippen molar-refractivity contribution in [2.24, 2.45) is 5.73 Å². The van der Waals surface area contributed by atoms with Gasteiger partial charge in [-0.25, -0.2) is 18.7 Å². The van der Waals surface area contributed by atoms with Crippen LogP contribution in [-0.4, -0.2) is 64.3 Å². The van der Waals surface area contributed by atoms with Gasteiger partial charge in [0, 0.05) is 35.8 Å². The van der Waals surface area contributed by atoms with E-state index in [-0.39, 0.29) is 17.9 Å². The number of nitrogens with zero attached hydrogens (tertiary/aromatic N) is 5. The molecule has 0 saturated carbocycles. The first-order chi connectivity index (χ1) is 18.9. The molecule has 2 aromatic carbocycles. The molecule has 12 heteroatoms. The SMILES string of the molecule is COc1cc2c(N(c3cc(F)cc(F)c3)c3cc(CC(N)=O)[nH]n3)ncnc2cc1OCCCN1CCCC1. The second kappa shape index (κ2) is 11.6. The minimum atomic E-state index is -0.775. The summed E-state index contributed by atoms with van der Waals surface area (Å²) in [6.07, 6.45) is 4.62. The number of nitrogens with one attached hydrogen (secondary N) is 1. The molecule has 0 aliphatic carbocycles. The predicted octanol–water partition coefficient (Wildman–Crippen LogP) is 4.00. The van der Waals surface area contributed by atoms with Crippen LogP contribution >= 0.6 is 0 Å². The largest absolute Gasteiger partial charge is 0.493 e. The molecule has 4 aromatic rings. The summed E-state index contributed by atoms with van der Waals surface area (Å²) in [5.41, 5.74) is 6.41. The van der Waals surface area contributed by atoms with E-state index >= 15 is 0 Å². The van der Waals surface area contributed by atoms with Gasteiger partial charge >= 0.3 is 0 Å². The first-order valence-corrected chi connectivity index (χ1v) is 12.7. The molecule has 1 aliphatic rings. The Kier molecular flexibility index (Phi) is 7.82. The minimum Gasteiger partial charge on any atom is -0.493 e. The third kappa shape index (κ3) is 6.06. The Labute approximate surface area is 223 Å². The van der Waals surface area contributed by atoms with Crippen molar-refractivity contribution in [2.45, 2.75) is 25.7 Å². The summed E-state index contributed by atoms with van der Waals surface area (Å²) in [7, 11) is 1.53. The Morgan fingerprint density at radius 2 is 1.85 bits per heavy atom. The van der Waals surface area contributed by atoms with E-state index in [1.54, 1.807) is 18.2 Å². The number of hydrogen-bond acceptors (Lipinski definition) is 8. The number of fused-ring (bicyclic) bond motifs is 1. The Hall–Kier alpha value is -4.32. The number of H-pyrrole nitrogens is 1. The zero-order valence-corrected chi connectivity index (χ0v) is 21.5. The number of carbonyl (C=O) groups is 1. The maximum absolute atomic E-state index is 14.3. The van der Waals surface area contributed by atoms with E-state index in [1.165, 1.54) is 31.2 Å². The van der Waals surface area contributed by atoms with Crippen molar-refractivity contribution in [2.75, 3.05) is 38.3 Å². The molecule has 3 N–H and O–H groups in total.